The molecule has 1 heterocycles. The summed E-state index contributed by atoms with van der Waals surface area (Å²) in [6.07, 6.45) is 7.09. The quantitative estimate of drug-likeness (QED) is 0.605. The van der Waals surface area contributed by atoms with Crippen LogP contribution in [0, 0.1) is 5.92 Å². The molecule has 2 aliphatic rings. The number of aliphatic carboxylic acids is 1. The second-order valence-electron chi connectivity index (χ2n) is 4.46. The van der Waals surface area contributed by atoms with Crippen molar-refractivity contribution in [2.24, 2.45) is 11.7 Å². The first kappa shape index (κ1) is 14.7. The normalized spacial score (nSPS) is 29.4. The Labute approximate surface area is 138 Å². The minimum atomic E-state index is -0.921. The first-order valence-electron chi connectivity index (χ1n) is 5.56. The zero-order valence-corrected chi connectivity index (χ0v) is 12.8. The topological polar surface area (TPSA) is 77.4 Å². The molecule has 0 aromatic heterocycles. The maximum absolute atomic E-state index is 10.7. The van der Waals surface area contributed by atoms with Gasteiger partial charge in [0, 0.05) is 0 Å². The number of hydrogen-bond donors (Lipinski definition) is 2. The van der Waals surface area contributed by atoms with Gasteiger partial charge in [-0.3, -0.25) is 4.79 Å². The summed E-state index contributed by atoms with van der Waals surface area (Å²) in [4.78, 5) is 10.7. The molecule has 3 unspecified atom stereocenters. The summed E-state index contributed by atoms with van der Waals surface area (Å²) >= 11 is 0. The molecule has 84 valence electrons. The van der Waals surface area contributed by atoms with Crippen LogP contribution in [0.3, 0.4) is 0 Å². The molecule has 0 amide bonds. The Morgan fingerprint density at radius 2 is 2.25 bits per heavy atom. The zero-order chi connectivity index (χ0) is 10.8. The number of carboxylic acids is 1. The molecule has 1 aliphatic heterocycles. The fourth-order valence-corrected chi connectivity index (χ4v) is 2.55. The van der Waals surface area contributed by atoms with E-state index in [1.165, 1.54) is 12.8 Å². The van der Waals surface area contributed by atoms with Gasteiger partial charge in [-0.2, -0.15) is 6.20 Å². The number of carbonyl (C=O) groups is 1. The van der Waals surface area contributed by atoms with E-state index in [1.807, 2.05) is 6.20 Å². The van der Waals surface area contributed by atoms with Gasteiger partial charge in [0.1, 0.15) is 6.04 Å². The van der Waals surface area contributed by atoms with Crippen molar-refractivity contribution >= 4 is 5.97 Å². The van der Waals surface area contributed by atoms with Gasteiger partial charge >= 0.3 is 57.4 Å². The SMILES string of the molecule is NC(CC1=C[N-]C2CCCCC12)C(=O)O.[K+]. The molecule has 16 heavy (non-hydrogen) atoms. The van der Waals surface area contributed by atoms with E-state index in [2.05, 4.69) is 5.32 Å². The van der Waals surface area contributed by atoms with E-state index in [0.717, 1.165) is 18.4 Å². The molecule has 3 atom stereocenters. The van der Waals surface area contributed by atoms with Crippen LogP contribution in [0.4, 0.5) is 0 Å². The summed E-state index contributed by atoms with van der Waals surface area (Å²) in [5.41, 5.74) is 6.68. The first-order chi connectivity index (χ1) is 7.18. The summed E-state index contributed by atoms with van der Waals surface area (Å²) in [6.45, 7) is 0. The number of hydrogen-bond acceptors (Lipinski definition) is 2. The molecule has 5 heteroatoms. The molecule has 0 aromatic rings. The van der Waals surface area contributed by atoms with Crippen molar-refractivity contribution in [3.05, 3.63) is 17.1 Å². The largest absolute Gasteiger partial charge is 1.00 e. The molecule has 1 aliphatic carbocycles. The molecule has 0 aromatic carbocycles. The molecule has 1 saturated carbocycles. The second kappa shape index (κ2) is 6.52. The van der Waals surface area contributed by atoms with Crippen LogP contribution in [0.15, 0.2) is 11.8 Å². The molecule has 0 saturated heterocycles. The second-order valence-corrected chi connectivity index (χ2v) is 4.46. The Kier molecular flexibility index (Phi) is 5.97. The maximum Gasteiger partial charge on any atom is 1.00 e. The van der Waals surface area contributed by atoms with Crippen molar-refractivity contribution in [2.75, 3.05) is 0 Å². The minimum absolute atomic E-state index is 0. The van der Waals surface area contributed by atoms with E-state index in [0.29, 0.717) is 18.4 Å². The van der Waals surface area contributed by atoms with Gasteiger partial charge < -0.3 is 16.2 Å². The number of fused-ring (bicyclic) bond motifs is 1. The number of nitrogens with zero attached hydrogens (tertiary/aromatic N) is 1. The van der Waals surface area contributed by atoms with E-state index >= 15 is 0 Å². The van der Waals surface area contributed by atoms with Crippen LogP contribution in [0.25, 0.3) is 5.32 Å². The van der Waals surface area contributed by atoms with E-state index in [1.54, 1.807) is 0 Å². The molecule has 0 radical (unpaired) electrons. The van der Waals surface area contributed by atoms with E-state index in [-0.39, 0.29) is 51.4 Å². The third kappa shape index (κ3) is 3.30. The fraction of sp³-hybridized carbons (Fsp3) is 0.727. The molecule has 3 N–H and O–H groups in total. The predicted octanol–water partition coefficient (Wildman–Crippen LogP) is -1.38. The van der Waals surface area contributed by atoms with Gasteiger partial charge in [-0.15, -0.1) is 6.04 Å². The molecule has 4 nitrogen and oxygen atoms in total. The molecular formula is C11H17KN2O2. The minimum Gasteiger partial charge on any atom is -0.687 e. The number of carboxylic acid groups (broad SMARTS) is 1. The number of nitrogens with two attached hydrogens (primary N) is 1. The van der Waals surface area contributed by atoms with Gasteiger partial charge in [0.25, 0.3) is 0 Å². The Morgan fingerprint density at radius 1 is 1.56 bits per heavy atom. The molecule has 1 fully saturated rings. The average Bonchev–Trinajstić information content (AvgIpc) is 2.62. The van der Waals surface area contributed by atoms with Crippen LogP contribution in [-0.2, 0) is 4.79 Å². The van der Waals surface area contributed by atoms with Gasteiger partial charge in [-0.25, -0.2) is 0 Å². The molecule has 0 spiro atoms. The van der Waals surface area contributed by atoms with Crippen LogP contribution in [-0.4, -0.2) is 23.2 Å². The summed E-state index contributed by atoms with van der Waals surface area (Å²) in [6, 6.07) is -0.359. The Hall–Kier alpha value is 0.606. The van der Waals surface area contributed by atoms with Crippen LogP contribution < -0.4 is 57.1 Å². The fourth-order valence-electron chi connectivity index (χ4n) is 2.55. The van der Waals surface area contributed by atoms with Crippen molar-refractivity contribution in [1.29, 1.82) is 0 Å². The summed E-state index contributed by atoms with van der Waals surface area (Å²) in [7, 11) is 0. The molecule has 2 rings (SSSR count). The van der Waals surface area contributed by atoms with Crippen molar-refractivity contribution in [1.82, 2.24) is 0 Å². The van der Waals surface area contributed by atoms with E-state index in [9.17, 15) is 4.79 Å². The third-order valence-electron chi connectivity index (χ3n) is 3.41. The van der Waals surface area contributed by atoms with Crippen LogP contribution in [0.2, 0.25) is 0 Å². The van der Waals surface area contributed by atoms with E-state index < -0.39 is 12.0 Å². The monoisotopic (exact) mass is 248 g/mol. The van der Waals surface area contributed by atoms with Crippen LogP contribution >= 0.6 is 0 Å². The van der Waals surface area contributed by atoms with Gasteiger partial charge in [-0.1, -0.05) is 24.8 Å². The third-order valence-corrected chi connectivity index (χ3v) is 3.41. The Balaban J connectivity index is 0.00000128. The average molecular weight is 248 g/mol. The van der Waals surface area contributed by atoms with Gasteiger partial charge in [0.2, 0.25) is 0 Å². The summed E-state index contributed by atoms with van der Waals surface area (Å²) in [5.74, 6) is -0.445. The van der Waals surface area contributed by atoms with Gasteiger partial charge in [0.15, 0.2) is 0 Å². The maximum atomic E-state index is 10.7. The van der Waals surface area contributed by atoms with Gasteiger partial charge in [0.05, 0.1) is 0 Å². The van der Waals surface area contributed by atoms with Crippen molar-refractivity contribution in [3.63, 3.8) is 0 Å². The summed E-state index contributed by atoms with van der Waals surface area (Å²) in [5, 5.41) is 13.2. The van der Waals surface area contributed by atoms with Crippen molar-refractivity contribution in [2.45, 2.75) is 44.2 Å². The first-order valence-corrected chi connectivity index (χ1v) is 5.56. The predicted molar refractivity (Wildman–Crippen MR) is 57.4 cm³/mol. The Morgan fingerprint density at radius 3 is 2.94 bits per heavy atom. The van der Waals surface area contributed by atoms with Crippen LogP contribution in [0.1, 0.15) is 32.1 Å². The molecule has 0 bridgehead atoms. The Bertz CT molecular complexity index is 294. The number of rotatable bonds is 3. The standard InChI is InChI=1S/C11H17N2O2.K/c12-9(11(14)15)5-7-6-13-10-4-2-1-3-8(7)10;/h6,8-10H,1-5,12H2,(H,14,15);/q-1;+1. The van der Waals surface area contributed by atoms with Crippen LogP contribution in [0.5, 0.6) is 0 Å². The van der Waals surface area contributed by atoms with Crippen molar-refractivity contribution < 1.29 is 61.3 Å². The van der Waals surface area contributed by atoms with E-state index in [4.69, 9.17) is 10.8 Å². The summed E-state index contributed by atoms with van der Waals surface area (Å²) < 4.78 is 0. The van der Waals surface area contributed by atoms with Crippen molar-refractivity contribution in [3.8, 4) is 0 Å². The molecular weight excluding hydrogens is 231 g/mol. The van der Waals surface area contributed by atoms with Gasteiger partial charge in [-0.05, 0) is 18.8 Å². The zero-order valence-electron chi connectivity index (χ0n) is 9.72. The smallest absolute Gasteiger partial charge is 0.687 e.